The zero-order chi connectivity index (χ0) is 11.8. The summed E-state index contributed by atoms with van der Waals surface area (Å²) in [4.78, 5) is 0.711. The topological polar surface area (TPSA) is 62.0 Å². The van der Waals surface area contributed by atoms with Crippen LogP contribution in [-0.4, -0.2) is 29.4 Å². The van der Waals surface area contributed by atoms with Crippen molar-refractivity contribution < 1.29 is 4.74 Å². The Balaban J connectivity index is 2.24. The highest BCUT2D eigenvalue weighted by atomic mass is 32.1. The van der Waals surface area contributed by atoms with Crippen LogP contribution in [-0.2, 0) is 17.7 Å². The number of thiocarbonyl (C=S) groups is 1. The number of ether oxygens (including phenoxy) is 1. The Labute approximate surface area is 104 Å². The van der Waals surface area contributed by atoms with Crippen LogP contribution in [0.15, 0.2) is 0 Å². The molecule has 0 bridgehead atoms. The average Bonchev–Trinajstić information content (AvgIpc) is 2.49. The second-order valence-corrected chi connectivity index (χ2v) is 4.44. The van der Waals surface area contributed by atoms with Crippen LogP contribution in [0.25, 0.3) is 0 Å². The van der Waals surface area contributed by atoms with Crippen molar-refractivity contribution in [3.8, 4) is 6.07 Å². The van der Waals surface area contributed by atoms with E-state index >= 15 is 0 Å². The van der Waals surface area contributed by atoms with E-state index in [1.807, 2.05) is 0 Å². The van der Waals surface area contributed by atoms with Crippen molar-refractivity contribution in [2.45, 2.75) is 13.0 Å². The van der Waals surface area contributed by atoms with Gasteiger partial charge in [-0.1, -0.05) is 12.2 Å². The minimum atomic E-state index is 0.584. The van der Waals surface area contributed by atoms with Crippen molar-refractivity contribution in [1.29, 1.82) is 5.26 Å². The van der Waals surface area contributed by atoms with Crippen LogP contribution < -0.4 is 10.6 Å². The second kappa shape index (κ2) is 4.02. The van der Waals surface area contributed by atoms with Crippen molar-refractivity contribution in [1.82, 2.24) is 9.88 Å². The molecule has 2 aliphatic heterocycles. The van der Waals surface area contributed by atoms with Crippen LogP contribution in [0.2, 0.25) is 0 Å². The SMILES string of the molecule is N#Cc1c2c(n3c1CCOCC3)C(=S)NCN2. The molecule has 0 spiro atoms. The molecule has 6 heteroatoms. The molecule has 0 unspecified atom stereocenters. The van der Waals surface area contributed by atoms with E-state index in [9.17, 15) is 5.26 Å². The lowest BCUT2D eigenvalue weighted by Crippen LogP contribution is -2.35. The van der Waals surface area contributed by atoms with Gasteiger partial charge < -0.3 is 19.9 Å². The molecule has 2 aliphatic rings. The smallest absolute Gasteiger partial charge is 0.126 e. The second-order valence-electron chi connectivity index (χ2n) is 4.03. The predicted octanol–water partition coefficient (Wildman–Crippen LogP) is 0.581. The number of hydrogen-bond acceptors (Lipinski definition) is 4. The van der Waals surface area contributed by atoms with Gasteiger partial charge in [-0.25, -0.2) is 0 Å². The molecular weight excluding hydrogens is 236 g/mol. The fourth-order valence-corrected chi connectivity index (χ4v) is 2.71. The lowest BCUT2D eigenvalue weighted by Gasteiger charge is -2.20. The molecule has 3 heterocycles. The molecule has 0 fully saturated rings. The highest BCUT2D eigenvalue weighted by molar-refractivity contribution is 7.80. The summed E-state index contributed by atoms with van der Waals surface area (Å²) in [5.74, 6) is 0. The molecule has 5 nitrogen and oxygen atoms in total. The first-order chi connectivity index (χ1) is 8.33. The maximum absolute atomic E-state index is 9.31. The molecule has 1 aromatic heterocycles. The van der Waals surface area contributed by atoms with Crippen LogP contribution >= 0.6 is 12.2 Å². The number of nitriles is 1. The van der Waals surface area contributed by atoms with Gasteiger partial charge in [0.25, 0.3) is 0 Å². The summed E-state index contributed by atoms with van der Waals surface area (Å²) >= 11 is 5.33. The fraction of sp³-hybridized carbons (Fsp3) is 0.455. The van der Waals surface area contributed by atoms with Gasteiger partial charge in [0.05, 0.1) is 31.1 Å². The normalized spacial score (nSPS) is 18.2. The number of rotatable bonds is 0. The standard InChI is InChI=1S/C11H12N4OS/c12-5-7-8-1-3-16-4-2-15(8)10-9(7)13-6-14-11(10)17/h13H,1-4,6H2,(H,14,17). The van der Waals surface area contributed by atoms with Gasteiger partial charge in [-0.15, -0.1) is 0 Å². The number of fused-ring (bicyclic) bond motifs is 3. The summed E-state index contributed by atoms with van der Waals surface area (Å²) in [6.45, 7) is 2.67. The third kappa shape index (κ3) is 1.51. The van der Waals surface area contributed by atoms with E-state index in [1.54, 1.807) is 0 Å². The Morgan fingerprint density at radius 1 is 1.35 bits per heavy atom. The molecule has 1 aromatic rings. The van der Waals surface area contributed by atoms with Gasteiger partial charge in [0.1, 0.15) is 16.8 Å². The van der Waals surface area contributed by atoms with Crippen LogP contribution in [0.5, 0.6) is 0 Å². The minimum Gasteiger partial charge on any atom is -0.379 e. The molecule has 0 saturated carbocycles. The van der Waals surface area contributed by atoms with Crippen LogP contribution in [0.4, 0.5) is 5.69 Å². The van der Waals surface area contributed by atoms with E-state index in [1.165, 1.54) is 0 Å². The van der Waals surface area contributed by atoms with Gasteiger partial charge in [-0.05, 0) is 0 Å². The highest BCUT2D eigenvalue weighted by Gasteiger charge is 2.28. The first-order valence-electron chi connectivity index (χ1n) is 5.58. The molecular formula is C11H12N4OS. The molecule has 3 rings (SSSR count). The molecule has 0 saturated heterocycles. The maximum atomic E-state index is 9.31. The average molecular weight is 248 g/mol. The first kappa shape index (κ1) is 10.6. The molecule has 0 aliphatic carbocycles. The Bertz CT molecular complexity index is 529. The third-order valence-corrected chi connectivity index (χ3v) is 3.49. The van der Waals surface area contributed by atoms with Crippen molar-refractivity contribution in [2.75, 3.05) is 25.2 Å². The Morgan fingerprint density at radius 2 is 2.24 bits per heavy atom. The number of aromatic nitrogens is 1. The van der Waals surface area contributed by atoms with Gasteiger partial charge in [0.2, 0.25) is 0 Å². The molecule has 2 N–H and O–H groups in total. The quantitative estimate of drug-likeness (QED) is 0.658. The van der Waals surface area contributed by atoms with Crippen molar-refractivity contribution >= 4 is 22.9 Å². The van der Waals surface area contributed by atoms with E-state index in [2.05, 4.69) is 21.3 Å². The summed E-state index contributed by atoms with van der Waals surface area (Å²) < 4.78 is 7.56. The van der Waals surface area contributed by atoms with E-state index < -0.39 is 0 Å². The molecule has 0 atom stereocenters. The van der Waals surface area contributed by atoms with Gasteiger partial charge >= 0.3 is 0 Å². The highest BCUT2D eigenvalue weighted by Crippen LogP contribution is 2.31. The van der Waals surface area contributed by atoms with E-state index in [-0.39, 0.29) is 0 Å². The largest absolute Gasteiger partial charge is 0.379 e. The molecule has 0 amide bonds. The number of anilines is 1. The monoisotopic (exact) mass is 248 g/mol. The Hall–Kier alpha value is -1.58. The predicted molar refractivity (Wildman–Crippen MR) is 67.0 cm³/mol. The molecule has 0 aromatic carbocycles. The van der Waals surface area contributed by atoms with Crippen molar-refractivity contribution in [3.63, 3.8) is 0 Å². The maximum Gasteiger partial charge on any atom is 0.126 e. The van der Waals surface area contributed by atoms with Crippen LogP contribution in [0, 0.1) is 11.3 Å². The summed E-state index contributed by atoms with van der Waals surface area (Å²) in [6.07, 6.45) is 0.764. The van der Waals surface area contributed by atoms with Gasteiger partial charge in [-0.2, -0.15) is 5.26 Å². The lowest BCUT2D eigenvalue weighted by atomic mass is 10.1. The number of nitrogens with one attached hydrogen (secondary N) is 2. The number of hydrogen-bond donors (Lipinski definition) is 2. The van der Waals surface area contributed by atoms with E-state index in [0.717, 1.165) is 30.0 Å². The van der Waals surface area contributed by atoms with Crippen LogP contribution in [0.3, 0.4) is 0 Å². The zero-order valence-electron chi connectivity index (χ0n) is 9.25. The Kier molecular flexibility index (Phi) is 2.50. The van der Waals surface area contributed by atoms with E-state index in [0.29, 0.717) is 30.4 Å². The number of nitrogens with zero attached hydrogens (tertiary/aromatic N) is 2. The lowest BCUT2D eigenvalue weighted by molar-refractivity contribution is 0.140. The molecule has 0 radical (unpaired) electrons. The summed E-state index contributed by atoms with van der Waals surface area (Å²) in [5, 5.41) is 15.6. The van der Waals surface area contributed by atoms with Crippen molar-refractivity contribution in [3.05, 3.63) is 17.0 Å². The first-order valence-corrected chi connectivity index (χ1v) is 5.99. The summed E-state index contributed by atoms with van der Waals surface area (Å²) in [6, 6.07) is 2.29. The van der Waals surface area contributed by atoms with Crippen LogP contribution in [0.1, 0.15) is 17.0 Å². The fourth-order valence-electron chi connectivity index (χ4n) is 2.43. The molecule has 88 valence electrons. The van der Waals surface area contributed by atoms with Gasteiger partial charge in [0, 0.05) is 18.7 Å². The van der Waals surface area contributed by atoms with Crippen molar-refractivity contribution in [2.24, 2.45) is 0 Å². The Morgan fingerprint density at radius 3 is 3.06 bits per heavy atom. The zero-order valence-corrected chi connectivity index (χ0v) is 10.1. The van der Waals surface area contributed by atoms with E-state index in [4.69, 9.17) is 17.0 Å². The summed E-state index contributed by atoms with van der Waals surface area (Å²) in [7, 11) is 0. The molecule has 17 heavy (non-hydrogen) atoms. The van der Waals surface area contributed by atoms with Gasteiger partial charge in [-0.3, -0.25) is 0 Å². The third-order valence-electron chi connectivity index (χ3n) is 3.15. The minimum absolute atomic E-state index is 0.584. The van der Waals surface area contributed by atoms with Gasteiger partial charge in [0.15, 0.2) is 0 Å². The summed E-state index contributed by atoms with van der Waals surface area (Å²) in [5.41, 5.74) is 3.57.